The van der Waals surface area contributed by atoms with Crippen LogP contribution in [-0.4, -0.2) is 28.4 Å². The van der Waals surface area contributed by atoms with Crippen LogP contribution in [0, 0.1) is 6.92 Å². The summed E-state index contributed by atoms with van der Waals surface area (Å²) in [7, 11) is 1.73. The Kier molecular flexibility index (Phi) is 3.76. The monoisotopic (exact) mass is 236 g/mol. The molecule has 1 aromatic heterocycles. The summed E-state index contributed by atoms with van der Waals surface area (Å²) in [6, 6.07) is 1.44. The number of amides is 1. The van der Waals surface area contributed by atoms with Crippen molar-refractivity contribution >= 4 is 5.91 Å². The number of hydrogen-bond donors (Lipinski definition) is 1. The van der Waals surface area contributed by atoms with Gasteiger partial charge < -0.3 is 9.88 Å². The van der Waals surface area contributed by atoms with E-state index in [1.54, 1.807) is 18.9 Å². The molecule has 4 heteroatoms. The fourth-order valence-corrected chi connectivity index (χ4v) is 1.43. The van der Waals surface area contributed by atoms with E-state index in [0.29, 0.717) is 0 Å². The van der Waals surface area contributed by atoms with Crippen molar-refractivity contribution in [1.82, 2.24) is 9.88 Å². The summed E-state index contributed by atoms with van der Waals surface area (Å²) in [6.07, 6.45) is 2.32. The number of aromatic nitrogens is 1. The van der Waals surface area contributed by atoms with Gasteiger partial charge in [-0.3, -0.25) is 9.59 Å². The number of nitrogens with one attached hydrogen (secondary N) is 1. The third-order valence-corrected chi connectivity index (χ3v) is 3.37. The van der Waals surface area contributed by atoms with Gasteiger partial charge in [-0.05, 0) is 27.2 Å². The van der Waals surface area contributed by atoms with Crippen LogP contribution in [0.2, 0.25) is 0 Å². The van der Waals surface area contributed by atoms with E-state index in [9.17, 15) is 9.59 Å². The highest BCUT2D eigenvalue weighted by Gasteiger charge is 2.27. The van der Waals surface area contributed by atoms with Crippen molar-refractivity contribution in [2.75, 3.05) is 7.05 Å². The molecule has 4 nitrogen and oxygen atoms in total. The normalized spacial score (nSPS) is 11.4. The standard InChI is InChI=1S/C13H20N2O2/c1-6-13(3,4)15(5)12(17)10-8-14-9(2)7-11(10)16/h7-8H,6H2,1-5H3,(H,14,16). The maximum absolute atomic E-state index is 12.2. The zero-order valence-electron chi connectivity index (χ0n) is 11.1. The smallest absolute Gasteiger partial charge is 0.259 e. The molecule has 0 unspecified atom stereocenters. The van der Waals surface area contributed by atoms with Crippen molar-refractivity contribution in [3.05, 3.63) is 33.7 Å². The Bertz CT molecular complexity index is 475. The van der Waals surface area contributed by atoms with E-state index in [1.165, 1.54) is 12.3 Å². The minimum atomic E-state index is -0.256. The second kappa shape index (κ2) is 4.73. The van der Waals surface area contributed by atoms with Gasteiger partial charge in [0.1, 0.15) is 5.56 Å². The fraction of sp³-hybridized carbons (Fsp3) is 0.538. The summed E-state index contributed by atoms with van der Waals surface area (Å²) < 4.78 is 0. The molecule has 0 saturated heterocycles. The highest BCUT2D eigenvalue weighted by Crippen LogP contribution is 2.18. The molecular weight excluding hydrogens is 216 g/mol. The first-order valence-electron chi connectivity index (χ1n) is 5.77. The van der Waals surface area contributed by atoms with Crippen LogP contribution in [0.4, 0.5) is 0 Å². The summed E-state index contributed by atoms with van der Waals surface area (Å²) in [5, 5.41) is 0. The predicted molar refractivity (Wildman–Crippen MR) is 68.3 cm³/mol. The van der Waals surface area contributed by atoms with Crippen LogP contribution in [-0.2, 0) is 0 Å². The molecular formula is C13H20N2O2. The van der Waals surface area contributed by atoms with Gasteiger partial charge in [0.15, 0.2) is 5.43 Å². The predicted octanol–water partition coefficient (Wildman–Crippen LogP) is 1.94. The Balaban J connectivity index is 3.09. The van der Waals surface area contributed by atoms with Gasteiger partial charge in [0, 0.05) is 30.5 Å². The van der Waals surface area contributed by atoms with Gasteiger partial charge in [-0.15, -0.1) is 0 Å². The lowest BCUT2D eigenvalue weighted by atomic mass is 9.99. The number of H-pyrrole nitrogens is 1. The van der Waals surface area contributed by atoms with Gasteiger partial charge in [0.2, 0.25) is 0 Å². The van der Waals surface area contributed by atoms with E-state index >= 15 is 0 Å². The molecule has 0 aromatic carbocycles. The molecule has 0 aliphatic carbocycles. The van der Waals surface area contributed by atoms with Gasteiger partial charge in [-0.1, -0.05) is 6.92 Å². The number of aryl methyl sites for hydroxylation is 1. The largest absolute Gasteiger partial charge is 0.364 e. The maximum Gasteiger partial charge on any atom is 0.259 e. The molecule has 0 saturated carbocycles. The molecule has 0 aliphatic rings. The van der Waals surface area contributed by atoms with Crippen molar-refractivity contribution in [3.63, 3.8) is 0 Å². The highest BCUT2D eigenvalue weighted by molar-refractivity contribution is 5.94. The van der Waals surface area contributed by atoms with Crippen molar-refractivity contribution in [1.29, 1.82) is 0 Å². The number of hydrogen-bond acceptors (Lipinski definition) is 2. The average Bonchev–Trinajstić information content (AvgIpc) is 2.27. The second-order valence-electron chi connectivity index (χ2n) is 4.92. The van der Waals surface area contributed by atoms with E-state index in [-0.39, 0.29) is 22.4 Å². The number of pyridine rings is 1. The van der Waals surface area contributed by atoms with Crippen LogP contribution in [0.25, 0.3) is 0 Å². The topological polar surface area (TPSA) is 53.2 Å². The second-order valence-corrected chi connectivity index (χ2v) is 4.92. The molecule has 1 amide bonds. The van der Waals surface area contributed by atoms with Crippen LogP contribution in [0.15, 0.2) is 17.1 Å². The zero-order chi connectivity index (χ0) is 13.2. The summed E-state index contributed by atoms with van der Waals surface area (Å²) in [4.78, 5) is 28.4. The number of rotatable bonds is 3. The quantitative estimate of drug-likeness (QED) is 0.872. The van der Waals surface area contributed by atoms with E-state index in [1.807, 2.05) is 20.8 Å². The summed E-state index contributed by atoms with van der Waals surface area (Å²) in [5.74, 6) is -0.238. The molecule has 0 aliphatic heterocycles. The van der Waals surface area contributed by atoms with E-state index < -0.39 is 0 Å². The minimum Gasteiger partial charge on any atom is -0.364 e. The number of carbonyl (C=O) groups excluding carboxylic acids is 1. The van der Waals surface area contributed by atoms with Crippen LogP contribution < -0.4 is 5.43 Å². The van der Waals surface area contributed by atoms with Crippen molar-refractivity contribution in [2.24, 2.45) is 0 Å². The van der Waals surface area contributed by atoms with E-state index in [0.717, 1.165) is 12.1 Å². The first-order chi connectivity index (χ1) is 7.79. The van der Waals surface area contributed by atoms with Crippen molar-refractivity contribution in [2.45, 2.75) is 39.7 Å². The first kappa shape index (κ1) is 13.5. The molecule has 17 heavy (non-hydrogen) atoms. The molecule has 1 rings (SSSR count). The molecule has 0 spiro atoms. The Morgan fingerprint density at radius 1 is 1.47 bits per heavy atom. The van der Waals surface area contributed by atoms with Crippen LogP contribution in [0.5, 0.6) is 0 Å². The van der Waals surface area contributed by atoms with Crippen LogP contribution >= 0.6 is 0 Å². The zero-order valence-corrected chi connectivity index (χ0v) is 11.1. The molecule has 0 bridgehead atoms. The molecule has 0 fully saturated rings. The SMILES string of the molecule is CCC(C)(C)N(C)C(=O)c1c[nH]c(C)cc1=O. The molecule has 0 atom stereocenters. The number of carbonyl (C=O) groups is 1. The summed E-state index contributed by atoms with van der Waals surface area (Å²) in [6.45, 7) is 7.76. The van der Waals surface area contributed by atoms with Gasteiger partial charge >= 0.3 is 0 Å². The number of nitrogens with zero attached hydrogens (tertiary/aromatic N) is 1. The molecule has 0 radical (unpaired) electrons. The average molecular weight is 236 g/mol. The van der Waals surface area contributed by atoms with Crippen LogP contribution in [0.3, 0.4) is 0 Å². The van der Waals surface area contributed by atoms with E-state index in [4.69, 9.17) is 0 Å². The Morgan fingerprint density at radius 2 is 2.06 bits per heavy atom. The van der Waals surface area contributed by atoms with E-state index in [2.05, 4.69) is 4.98 Å². The lowest BCUT2D eigenvalue weighted by molar-refractivity contribution is 0.0618. The first-order valence-corrected chi connectivity index (χ1v) is 5.77. The Morgan fingerprint density at radius 3 is 2.53 bits per heavy atom. The molecule has 1 N–H and O–H groups in total. The Hall–Kier alpha value is -1.58. The maximum atomic E-state index is 12.2. The van der Waals surface area contributed by atoms with Crippen molar-refractivity contribution in [3.8, 4) is 0 Å². The van der Waals surface area contributed by atoms with Gasteiger partial charge in [-0.25, -0.2) is 0 Å². The third kappa shape index (κ3) is 2.75. The van der Waals surface area contributed by atoms with Gasteiger partial charge in [0.05, 0.1) is 0 Å². The summed E-state index contributed by atoms with van der Waals surface area (Å²) in [5.41, 5.74) is 0.461. The van der Waals surface area contributed by atoms with Crippen molar-refractivity contribution < 1.29 is 4.79 Å². The summed E-state index contributed by atoms with van der Waals surface area (Å²) >= 11 is 0. The minimum absolute atomic E-state index is 0.194. The molecule has 1 aromatic rings. The number of aromatic amines is 1. The lowest BCUT2D eigenvalue weighted by Crippen LogP contribution is -2.45. The van der Waals surface area contributed by atoms with Gasteiger partial charge in [-0.2, -0.15) is 0 Å². The lowest BCUT2D eigenvalue weighted by Gasteiger charge is -2.34. The molecule has 94 valence electrons. The highest BCUT2D eigenvalue weighted by atomic mass is 16.2. The Labute approximate surface area is 102 Å². The fourth-order valence-electron chi connectivity index (χ4n) is 1.43. The molecule has 1 heterocycles. The third-order valence-electron chi connectivity index (χ3n) is 3.37. The van der Waals surface area contributed by atoms with Gasteiger partial charge in [0.25, 0.3) is 5.91 Å². The van der Waals surface area contributed by atoms with Crippen LogP contribution in [0.1, 0.15) is 43.2 Å².